The zero-order valence-corrected chi connectivity index (χ0v) is 23.5. The van der Waals surface area contributed by atoms with Crippen molar-refractivity contribution < 1.29 is 33.5 Å². The number of carbonyl (C=O) groups excluding carboxylic acids is 1. The molecule has 0 bridgehead atoms. The van der Waals surface area contributed by atoms with Gasteiger partial charge in [0.15, 0.2) is 17.7 Å². The highest BCUT2D eigenvalue weighted by Gasteiger charge is 2.54. The molecule has 3 aromatic rings. The summed E-state index contributed by atoms with van der Waals surface area (Å²) in [4.78, 5) is 24.7. The molecular formula is C23H32N7O7PS. The van der Waals surface area contributed by atoms with Crippen LogP contribution in [0.1, 0.15) is 33.9 Å². The van der Waals surface area contributed by atoms with E-state index in [2.05, 4.69) is 20.0 Å². The Morgan fingerprint density at radius 3 is 2.64 bits per heavy atom. The number of fused-ring (bicyclic) bond motifs is 1. The summed E-state index contributed by atoms with van der Waals surface area (Å²) >= 11 is 5.71. The highest BCUT2D eigenvalue weighted by atomic mass is 32.5. The topological polar surface area (TPSA) is 202 Å². The molecule has 1 aromatic carbocycles. The second-order valence-electron chi connectivity index (χ2n) is 9.52. The predicted octanol–water partition coefficient (Wildman–Crippen LogP) is 1.25. The predicted molar refractivity (Wildman–Crippen MR) is 146 cm³/mol. The van der Waals surface area contributed by atoms with Crippen molar-refractivity contribution in [3.05, 3.63) is 36.7 Å². The first kappa shape index (κ1) is 29.1. The maximum absolute atomic E-state index is 12.5. The number of aliphatic hydroxyl groups is 2. The monoisotopic (exact) mass is 581 g/mol. The lowest BCUT2D eigenvalue weighted by atomic mass is 9.96. The van der Waals surface area contributed by atoms with E-state index in [1.807, 2.05) is 6.07 Å². The Balaban J connectivity index is 1.55. The maximum Gasteiger partial charge on any atom is 0.323 e. The summed E-state index contributed by atoms with van der Waals surface area (Å²) in [6, 6.07) is 7.85. The fraction of sp³-hybridized carbons (Fsp3) is 0.478. The van der Waals surface area contributed by atoms with E-state index in [-0.39, 0.29) is 35.6 Å². The molecule has 0 aliphatic carbocycles. The molecule has 1 fully saturated rings. The van der Waals surface area contributed by atoms with E-state index in [1.165, 1.54) is 17.8 Å². The molecule has 1 aliphatic heterocycles. The van der Waals surface area contributed by atoms with E-state index in [0.717, 1.165) is 0 Å². The zero-order chi connectivity index (χ0) is 28.5. The lowest BCUT2D eigenvalue weighted by molar-refractivity contribution is -0.149. The maximum atomic E-state index is 12.5. The minimum Gasteiger partial charge on any atom is -0.462 e. The standard InChI is InChI=1S/C23H32N7O7PS/c1-12(2)35-20(32)13(3)29-38(39,37-14-8-6-5-7-9-14)34-10-15-17(31)23(4,33)21(36-15)30-11-26-16-18(24)27-22(25)28-19(16)30/h5-9,11-13,15,17,21,31,33H,10H2,1-4H3,(H,29,39)(H4,24,25,27,28)/t13-,15+,17+,21+,23+,38?/m0/s1. The molecule has 2 aromatic heterocycles. The lowest BCUT2D eigenvalue weighted by Crippen LogP contribution is -2.44. The van der Waals surface area contributed by atoms with Crippen LogP contribution in [0.4, 0.5) is 11.8 Å². The molecule has 7 N–H and O–H groups in total. The number of hydrogen-bond donors (Lipinski definition) is 5. The van der Waals surface area contributed by atoms with Crippen molar-refractivity contribution >= 4 is 47.3 Å². The van der Waals surface area contributed by atoms with Gasteiger partial charge in [0.25, 0.3) is 0 Å². The summed E-state index contributed by atoms with van der Waals surface area (Å²) in [5.41, 5.74) is 10.3. The summed E-state index contributed by atoms with van der Waals surface area (Å²) in [6.07, 6.45) is -2.58. The van der Waals surface area contributed by atoms with Crippen molar-refractivity contribution in [2.75, 3.05) is 18.1 Å². The van der Waals surface area contributed by atoms with Crippen LogP contribution >= 0.6 is 6.64 Å². The van der Waals surface area contributed by atoms with Gasteiger partial charge in [0.1, 0.15) is 35.1 Å². The summed E-state index contributed by atoms with van der Waals surface area (Å²) in [5.74, 6) is -0.151. The van der Waals surface area contributed by atoms with E-state index < -0.39 is 42.7 Å². The summed E-state index contributed by atoms with van der Waals surface area (Å²) in [6.45, 7) is 2.75. The van der Waals surface area contributed by atoms with Crippen LogP contribution in [0.15, 0.2) is 36.7 Å². The van der Waals surface area contributed by atoms with Crippen molar-refractivity contribution in [3.8, 4) is 5.75 Å². The SMILES string of the molecule is CC(C)OC(=O)[C@H](C)NP(=S)(OC[C@H]1O[C@@H](n2cnc3c(N)nc(N)nc32)[C@](C)(O)[C@@H]1O)Oc1ccccc1. The minimum atomic E-state index is -3.41. The van der Waals surface area contributed by atoms with Gasteiger partial charge in [-0.1, -0.05) is 18.2 Å². The number of nitrogen functional groups attached to an aromatic ring is 2. The van der Waals surface area contributed by atoms with Crippen molar-refractivity contribution in [1.82, 2.24) is 24.6 Å². The Morgan fingerprint density at radius 1 is 1.28 bits per heavy atom. The van der Waals surface area contributed by atoms with Gasteiger partial charge in [-0.3, -0.25) is 9.36 Å². The summed E-state index contributed by atoms with van der Waals surface area (Å²) in [7, 11) is 0. The first-order chi connectivity index (χ1) is 18.3. The van der Waals surface area contributed by atoms with Gasteiger partial charge in [0, 0.05) is 0 Å². The number of carbonyl (C=O) groups is 1. The van der Waals surface area contributed by atoms with Crippen LogP contribution in [0.5, 0.6) is 5.75 Å². The van der Waals surface area contributed by atoms with Crippen LogP contribution in [-0.4, -0.2) is 72.3 Å². The van der Waals surface area contributed by atoms with E-state index >= 15 is 0 Å². The second kappa shape index (κ2) is 11.3. The van der Waals surface area contributed by atoms with E-state index in [1.54, 1.807) is 45.0 Å². The van der Waals surface area contributed by atoms with Crippen molar-refractivity contribution in [3.63, 3.8) is 0 Å². The van der Waals surface area contributed by atoms with Crippen LogP contribution in [0.25, 0.3) is 11.2 Å². The Morgan fingerprint density at radius 2 is 1.97 bits per heavy atom. The largest absolute Gasteiger partial charge is 0.462 e. The lowest BCUT2D eigenvalue weighted by Gasteiger charge is -2.28. The number of esters is 1. The van der Waals surface area contributed by atoms with Crippen LogP contribution in [0, 0.1) is 0 Å². The molecule has 1 saturated heterocycles. The molecule has 39 heavy (non-hydrogen) atoms. The number of nitrogens with two attached hydrogens (primary N) is 2. The number of nitrogens with one attached hydrogen (secondary N) is 1. The number of hydrogen-bond acceptors (Lipinski definition) is 13. The highest BCUT2D eigenvalue weighted by Crippen LogP contribution is 2.47. The molecule has 1 unspecified atom stereocenters. The van der Waals surface area contributed by atoms with Gasteiger partial charge in [0.2, 0.25) is 5.95 Å². The zero-order valence-electron chi connectivity index (χ0n) is 21.8. The normalized spacial score (nSPS) is 25.5. The first-order valence-corrected chi connectivity index (χ1v) is 14.7. The van der Waals surface area contributed by atoms with Gasteiger partial charge in [-0.2, -0.15) is 9.97 Å². The number of ether oxygens (including phenoxy) is 2. The van der Waals surface area contributed by atoms with Gasteiger partial charge >= 0.3 is 12.6 Å². The number of aliphatic hydroxyl groups excluding tert-OH is 1. The average molecular weight is 582 g/mol. The first-order valence-electron chi connectivity index (χ1n) is 12.1. The Bertz CT molecular complexity index is 1370. The van der Waals surface area contributed by atoms with E-state index in [9.17, 15) is 15.0 Å². The smallest absolute Gasteiger partial charge is 0.323 e. The third kappa shape index (κ3) is 6.30. The number of anilines is 2. The Kier molecular flexibility index (Phi) is 8.42. The Labute approximate surface area is 229 Å². The molecule has 0 radical (unpaired) electrons. The average Bonchev–Trinajstić information content (AvgIpc) is 3.36. The van der Waals surface area contributed by atoms with Crippen molar-refractivity contribution in [1.29, 1.82) is 0 Å². The number of aromatic nitrogens is 4. The molecule has 16 heteroatoms. The van der Waals surface area contributed by atoms with Crippen LogP contribution in [-0.2, 0) is 30.6 Å². The van der Waals surface area contributed by atoms with E-state index in [0.29, 0.717) is 5.75 Å². The number of imidazole rings is 1. The van der Waals surface area contributed by atoms with Gasteiger partial charge in [-0.25, -0.2) is 10.1 Å². The Hall–Kier alpha value is -2.91. The highest BCUT2D eigenvalue weighted by molar-refractivity contribution is 8.09. The molecule has 4 rings (SSSR count). The van der Waals surface area contributed by atoms with Crippen LogP contribution < -0.4 is 21.1 Å². The molecule has 212 valence electrons. The summed E-state index contributed by atoms with van der Waals surface area (Å²) < 4.78 is 24.7. The number of benzene rings is 1. The fourth-order valence-electron chi connectivity index (χ4n) is 4.01. The summed E-state index contributed by atoms with van der Waals surface area (Å²) in [5, 5.41) is 25.1. The van der Waals surface area contributed by atoms with Gasteiger partial charge < -0.3 is 40.2 Å². The fourth-order valence-corrected chi connectivity index (χ4v) is 6.43. The molecule has 0 spiro atoms. The molecule has 1 aliphatic rings. The second-order valence-corrected chi connectivity index (χ2v) is 12.7. The van der Waals surface area contributed by atoms with Crippen molar-refractivity contribution in [2.24, 2.45) is 0 Å². The quantitative estimate of drug-likeness (QED) is 0.169. The molecule has 0 saturated carbocycles. The molecule has 3 heterocycles. The van der Waals surface area contributed by atoms with Crippen molar-refractivity contribution in [2.45, 2.75) is 63.9 Å². The molecule has 6 atom stereocenters. The van der Waals surface area contributed by atoms with Crippen LogP contribution in [0.2, 0.25) is 0 Å². The molecule has 0 amide bonds. The minimum absolute atomic E-state index is 0.0595. The third-order valence-corrected chi connectivity index (χ3v) is 8.41. The van der Waals surface area contributed by atoms with Gasteiger partial charge in [-0.05, 0) is 51.6 Å². The van der Waals surface area contributed by atoms with Gasteiger partial charge in [-0.15, -0.1) is 0 Å². The van der Waals surface area contributed by atoms with E-state index in [4.69, 9.17) is 41.8 Å². The third-order valence-electron chi connectivity index (χ3n) is 5.91. The number of rotatable bonds is 10. The molecular weight excluding hydrogens is 549 g/mol. The van der Waals surface area contributed by atoms with Crippen LogP contribution in [0.3, 0.4) is 0 Å². The number of para-hydroxylation sites is 1. The number of nitrogens with zero attached hydrogens (tertiary/aromatic N) is 4. The molecule has 14 nitrogen and oxygen atoms in total. The van der Waals surface area contributed by atoms with Gasteiger partial charge in [0.05, 0.1) is 19.0 Å².